The molecule has 0 fully saturated rings. The Morgan fingerprint density at radius 3 is 2.31 bits per heavy atom. The lowest BCUT2D eigenvalue weighted by Crippen LogP contribution is -2.56. The fourth-order valence-electron chi connectivity index (χ4n) is 1.34. The van der Waals surface area contributed by atoms with Crippen molar-refractivity contribution in [2.45, 2.75) is 45.2 Å². The molecule has 0 amide bonds. The van der Waals surface area contributed by atoms with Gasteiger partial charge < -0.3 is 14.9 Å². The standard InChI is InChI=1S/C11H23NO4/c1-4-6-9(10(15)16-5-2)12-11(3,7-13)8-14/h9,12-14H,4-8H2,1-3H3. The lowest BCUT2D eigenvalue weighted by atomic mass is 10.0. The molecule has 1 unspecified atom stereocenters. The first kappa shape index (κ1) is 15.3. The highest BCUT2D eigenvalue weighted by Crippen LogP contribution is 2.08. The summed E-state index contributed by atoms with van der Waals surface area (Å²) in [5.41, 5.74) is -0.855. The molecule has 16 heavy (non-hydrogen) atoms. The molecule has 0 rings (SSSR count). The van der Waals surface area contributed by atoms with Crippen molar-refractivity contribution in [3.05, 3.63) is 0 Å². The molecular weight excluding hydrogens is 210 g/mol. The first-order valence-electron chi connectivity index (χ1n) is 5.69. The summed E-state index contributed by atoms with van der Waals surface area (Å²) in [6.07, 6.45) is 1.44. The van der Waals surface area contributed by atoms with Crippen LogP contribution < -0.4 is 5.32 Å². The van der Waals surface area contributed by atoms with Gasteiger partial charge in [0.15, 0.2) is 0 Å². The smallest absolute Gasteiger partial charge is 0.323 e. The summed E-state index contributed by atoms with van der Waals surface area (Å²) in [5, 5.41) is 21.2. The first-order valence-corrected chi connectivity index (χ1v) is 5.69. The van der Waals surface area contributed by atoms with Crippen LogP contribution in [0.4, 0.5) is 0 Å². The molecule has 3 N–H and O–H groups in total. The monoisotopic (exact) mass is 233 g/mol. The van der Waals surface area contributed by atoms with E-state index in [1.165, 1.54) is 0 Å². The highest BCUT2D eigenvalue weighted by Gasteiger charge is 2.29. The first-order chi connectivity index (χ1) is 7.52. The van der Waals surface area contributed by atoms with Crippen LogP contribution in [-0.4, -0.2) is 47.6 Å². The summed E-state index contributed by atoms with van der Waals surface area (Å²) in [6.45, 7) is 5.23. The van der Waals surface area contributed by atoms with Crippen LogP contribution in [0.3, 0.4) is 0 Å². The third-order valence-corrected chi connectivity index (χ3v) is 2.37. The number of ether oxygens (including phenoxy) is 1. The molecule has 0 aliphatic rings. The minimum Gasteiger partial charge on any atom is -0.465 e. The molecule has 0 aromatic rings. The Labute approximate surface area is 96.8 Å². The van der Waals surface area contributed by atoms with Gasteiger partial charge in [-0.05, 0) is 20.3 Å². The molecule has 0 aliphatic carbocycles. The highest BCUT2D eigenvalue weighted by atomic mass is 16.5. The van der Waals surface area contributed by atoms with Crippen molar-refractivity contribution in [2.75, 3.05) is 19.8 Å². The number of esters is 1. The van der Waals surface area contributed by atoms with Gasteiger partial charge in [-0.3, -0.25) is 10.1 Å². The van der Waals surface area contributed by atoms with Crippen LogP contribution in [0.2, 0.25) is 0 Å². The molecule has 0 bridgehead atoms. The molecule has 5 nitrogen and oxygen atoms in total. The van der Waals surface area contributed by atoms with Crippen molar-refractivity contribution >= 4 is 5.97 Å². The van der Waals surface area contributed by atoms with Gasteiger partial charge in [0.2, 0.25) is 0 Å². The topological polar surface area (TPSA) is 78.8 Å². The quantitative estimate of drug-likeness (QED) is 0.516. The van der Waals surface area contributed by atoms with Crippen LogP contribution in [0.15, 0.2) is 0 Å². The number of nitrogens with one attached hydrogen (secondary N) is 1. The largest absolute Gasteiger partial charge is 0.465 e. The summed E-state index contributed by atoms with van der Waals surface area (Å²) in [4.78, 5) is 11.6. The molecule has 0 spiro atoms. The minimum atomic E-state index is -0.855. The van der Waals surface area contributed by atoms with Gasteiger partial charge in [-0.2, -0.15) is 0 Å². The number of aliphatic hydroxyl groups is 2. The molecule has 0 radical (unpaired) electrons. The predicted octanol–water partition coefficient (Wildman–Crippen LogP) is 0.0511. The molecule has 0 aromatic heterocycles. The number of carbonyl (C=O) groups is 1. The normalized spacial score (nSPS) is 13.6. The zero-order valence-electron chi connectivity index (χ0n) is 10.3. The minimum absolute atomic E-state index is 0.233. The van der Waals surface area contributed by atoms with E-state index >= 15 is 0 Å². The van der Waals surface area contributed by atoms with Gasteiger partial charge in [0.1, 0.15) is 6.04 Å². The summed E-state index contributed by atoms with van der Waals surface area (Å²) < 4.78 is 4.93. The van der Waals surface area contributed by atoms with E-state index in [-0.39, 0.29) is 19.2 Å². The number of hydrogen-bond donors (Lipinski definition) is 3. The Morgan fingerprint density at radius 2 is 1.94 bits per heavy atom. The maximum atomic E-state index is 11.6. The van der Waals surface area contributed by atoms with Crippen LogP contribution >= 0.6 is 0 Å². The van der Waals surface area contributed by atoms with E-state index in [4.69, 9.17) is 14.9 Å². The van der Waals surface area contributed by atoms with Crippen LogP contribution in [0.5, 0.6) is 0 Å². The van der Waals surface area contributed by atoms with E-state index < -0.39 is 11.6 Å². The second-order valence-electron chi connectivity index (χ2n) is 4.11. The van der Waals surface area contributed by atoms with Gasteiger partial charge in [0, 0.05) is 0 Å². The van der Waals surface area contributed by atoms with Gasteiger partial charge >= 0.3 is 5.97 Å². The van der Waals surface area contributed by atoms with E-state index in [2.05, 4.69) is 5.32 Å². The fraction of sp³-hybridized carbons (Fsp3) is 0.909. The third-order valence-electron chi connectivity index (χ3n) is 2.37. The lowest BCUT2D eigenvalue weighted by molar-refractivity contribution is -0.146. The molecule has 0 saturated carbocycles. The summed E-state index contributed by atoms with van der Waals surface area (Å²) >= 11 is 0. The van der Waals surface area contributed by atoms with Gasteiger partial charge in [0.05, 0.1) is 25.4 Å². The van der Waals surface area contributed by atoms with E-state index in [1.54, 1.807) is 13.8 Å². The number of rotatable bonds is 8. The second kappa shape index (κ2) is 7.60. The molecule has 0 saturated heterocycles. The fourth-order valence-corrected chi connectivity index (χ4v) is 1.34. The maximum absolute atomic E-state index is 11.6. The molecule has 0 aromatic carbocycles. The average Bonchev–Trinajstić information content (AvgIpc) is 2.28. The van der Waals surface area contributed by atoms with Crippen molar-refractivity contribution in [1.29, 1.82) is 0 Å². The van der Waals surface area contributed by atoms with E-state index in [1.807, 2.05) is 6.92 Å². The lowest BCUT2D eigenvalue weighted by Gasteiger charge is -2.30. The van der Waals surface area contributed by atoms with Gasteiger partial charge in [-0.25, -0.2) is 0 Å². The molecule has 0 heterocycles. The summed E-state index contributed by atoms with van der Waals surface area (Å²) in [5.74, 6) is -0.336. The van der Waals surface area contributed by atoms with Gasteiger partial charge in [-0.1, -0.05) is 13.3 Å². The third kappa shape index (κ3) is 4.92. The zero-order chi connectivity index (χ0) is 12.6. The Kier molecular flexibility index (Phi) is 7.29. The Bertz CT molecular complexity index is 204. The molecule has 1 atom stereocenters. The van der Waals surface area contributed by atoms with Crippen molar-refractivity contribution < 1.29 is 19.7 Å². The van der Waals surface area contributed by atoms with Crippen molar-refractivity contribution in [3.8, 4) is 0 Å². The molecular formula is C11H23NO4. The zero-order valence-corrected chi connectivity index (χ0v) is 10.3. The molecule has 5 heteroatoms. The van der Waals surface area contributed by atoms with Gasteiger partial charge in [-0.15, -0.1) is 0 Å². The number of hydrogen-bond acceptors (Lipinski definition) is 5. The van der Waals surface area contributed by atoms with Crippen molar-refractivity contribution in [2.24, 2.45) is 0 Å². The van der Waals surface area contributed by atoms with E-state index in [9.17, 15) is 4.79 Å². The highest BCUT2D eigenvalue weighted by molar-refractivity contribution is 5.75. The van der Waals surface area contributed by atoms with Crippen LogP contribution in [-0.2, 0) is 9.53 Å². The average molecular weight is 233 g/mol. The molecule has 0 aliphatic heterocycles. The van der Waals surface area contributed by atoms with Crippen molar-refractivity contribution in [3.63, 3.8) is 0 Å². The second-order valence-corrected chi connectivity index (χ2v) is 4.11. The van der Waals surface area contributed by atoms with Crippen LogP contribution in [0.1, 0.15) is 33.6 Å². The Hall–Kier alpha value is -0.650. The SMILES string of the molecule is CCCC(NC(C)(CO)CO)C(=O)OCC. The number of carbonyl (C=O) groups excluding carboxylic acids is 1. The van der Waals surface area contributed by atoms with E-state index in [0.717, 1.165) is 6.42 Å². The van der Waals surface area contributed by atoms with Crippen LogP contribution in [0.25, 0.3) is 0 Å². The summed E-state index contributed by atoms with van der Waals surface area (Å²) in [7, 11) is 0. The van der Waals surface area contributed by atoms with Crippen LogP contribution in [0, 0.1) is 0 Å². The van der Waals surface area contributed by atoms with Crippen molar-refractivity contribution in [1.82, 2.24) is 5.32 Å². The van der Waals surface area contributed by atoms with E-state index in [0.29, 0.717) is 13.0 Å². The maximum Gasteiger partial charge on any atom is 0.323 e. The Morgan fingerprint density at radius 1 is 1.38 bits per heavy atom. The summed E-state index contributed by atoms with van der Waals surface area (Å²) in [6, 6.07) is -0.478. The van der Waals surface area contributed by atoms with Gasteiger partial charge in [0.25, 0.3) is 0 Å². The molecule has 96 valence electrons. The predicted molar refractivity (Wildman–Crippen MR) is 61.0 cm³/mol. The number of aliphatic hydroxyl groups excluding tert-OH is 2. The Balaban J connectivity index is 4.47.